The molecule has 0 spiro atoms. The third-order valence-electron chi connectivity index (χ3n) is 5.05. The summed E-state index contributed by atoms with van der Waals surface area (Å²) in [5.74, 6) is -0.0422. The quantitative estimate of drug-likeness (QED) is 0.300. The van der Waals surface area contributed by atoms with Crippen molar-refractivity contribution in [2.24, 2.45) is 0 Å². The van der Waals surface area contributed by atoms with Crippen molar-refractivity contribution in [3.8, 4) is 11.1 Å². The molecule has 0 aliphatic carbocycles. The lowest BCUT2D eigenvalue weighted by Crippen LogP contribution is -2.30. The first-order valence-electron chi connectivity index (χ1n) is 10.0. The Bertz CT molecular complexity index is 1110. The molecule has 1 amide bonds. The van der Waals surface area contributed by atoms with Crippen LogP contribution in [0.5, 0.6) is 0 Å². The molecule has 0 radical (unpaired) electrons. The van der Waals surface area contributed by atoms with Crippen molar-refractivity contribution in [3.63, 3.8) is 0 Å². The van der Waals surface area contributed by atoms with E-state index in [0.717, 1.165) is 22.3 Å². The van der Waals surface area contributed by atoms with Gasteiger partial charge in [0, 0.05) is 28.7 Å². The van der Waals surface area contributed by atoms with E-state index >= 15 is 0 Å². The van der Waals surface area contributed by atoms with Gasteiger partial charge in [0.05, 0.1) is 0 Å². The summed E-state index contributed by atoms with van der Waals surface area (Å²) in [6, 6.07) is 33.0. The van der Waals surface area contributed by atoms with Crippen molar-refractivity contribution in [1.82, 2.24) is 4.90 Å². The summed E-state index contributed by atoms with van der Waals surface area (Å²) in [7, 11) is 0. The Morgan fingerprint density at radius 1 is 0.645 bits per heavy atom. The van der Waals surface area contributed by atoms with Gasteiger partial charge in [-0.3, -0.25) is 4.79 Å². The average Bonchev–Trinajstić information content (AvgIpc) is 2.79. The number of carbonyl (C=O) groups is 1. The third-order valence-corrected chi connectivity index (χ3v) is 5.49. The normalized spacial score (nSPS) is 10.6. The molecule has 4 rings (SSSR count). The zero-order valence-corrected chi connectivity index (χ0v) is 18.4. The first-order valence-corrected chi connectivity index (χ1v) is 10.8. The summed E-state index contributed by atoms with van der Waals surface area (Å²) in [5.41, 5.74) is 4.40. The van der Waals surface area contributed by atoms with Crippen LogP contribution in [-0.4, -0.2) is 10.8 Å². The summed E-state index contributed by atoms with van der Waals surface area (Å²) >= 11 is 12.5. The number of hydrogen-bond acceptors (Lipinski definition) is 1. The smallest absolute Gasteiger partial charge is 0.255 e. The van der Waals surface area contributed by atoms with E-state index in [9.17, 15) is 4.79 Å². The van der Waals surface area contributed by atoms with Crippen LogP contribution in [0.2, 0.25) is 10.0 Å². The van der Waals surface area contributed by atoms with Crippen molar-refractivity contribution >= 4 is 29.1 Å². The molecule has 0 aromatic heterocycles. The van der Waals surface area contributed by atoms with Crippen LogP contribution in [-0.2, 0) is 13.1 Å². The van der Waals surface area contributed by atoms with Crippen molar-refractivity contribution in [2.75, 3.05) is 0 Å². The van der Waals surface area contributed by atoms with Gasteiger partial charge < -0.3 is 4.90 Å². The highest BCUT2D eigenvalue weighted by Gasteiger charge is 2.20. The van der Waals surface area contributed by atoms with E-state index in [2.05, 4.69) is 0 Å². The highest BCUT2D eigenvalue weighted by Crippen LogP contribution is 2.30. The minimum absolute atomic E-state index is 0.0422. The highest BCUT2D eigenvalue weighted by atomic mass is 35.5. The van der Waals surface area contributed by atoms with Gasteiger partial charge in [-0.15, -0.1) is 0 Å². The van der Waals surface area contributed by atoms with E-state index in [4.69, 9.17) is 23.2 Å². The second-order valence-electron chi connectivity index (χ2n) is 7.34. The van der Waals surface area contributed by atoms with Gasteiger partial charge in [0.1, 0.15) is 0 Å². The van der Waals surface area contributed by atoms with Crippen LogP contribution in [0.25, 0.3) is 11.1 Å². The van der Waals surface area contributed by atoms with Crippen LogP contribution in [0.3, 0.4) is 0 Å². The van der Waals surface area contributed by atoms with Crippen LogP contribution in [0.15, 0.2) is 103 Å². The Hall–Kier alpha value is -3.07. The van der Waals surface area contributed by atoms with Crippen molar-refractivity contribution in [2.45, 2.75) is 13.1 Å². The Balaban J connectivity index is 1.73. The first kappa shape index (κ1) is 21.2. The molecule has 0 fully saturated rings. The van der Waals surface area contributed by atoms with E-state index in [1.165, 1.54) is 0 Å². The van der Waals surface area contributed by atoms with Gasteiger partial charge in [-0.2, -0.15) is 0 Å². The predicted octanol–water partition coefficient (Wildman–Crippen LogP) is 7.50. The number of nitrogens with zero attached hydrogens (tertiary/aromatic N) is 1. The maximum atomic E-state index is 13.8. The van der Waals surface area contributed by atoms with Gasteiger partial charge >= 0.3 is 0 Å². The van der Waals surface area contributed by atoms with Gasteiger partial charge in [0.25, 0.3) is 5.91 Å². The first-order chi connectivity index (χ1) is 15.1. The standard InChI is InChI=1S/C27H21Cl2NO/c28-23-15-22(16-24(29)17-23)25-13-7-8-14-26(25)27(31)30(18-20-9-3-1-4-10-20)19-21-11-5-2-6-12-21/h1-17H,18-19H2. The zero-order chi connectivity index (χ0) is 21.6. The van der Waals surface area contributed by atoms with Gasteiger partial charge in [0.2, 0.25) is 0 Å². The van der Waals surface area contributed by atoms with Crippen molar-refractivity contribution < 1.29 is 4.79 Å². The zero-order valence-electron chi connectivity index (χ0n) is 16.8. The predicted molar refractivity (Wildman–Crippen MR) is 128 cm³/mol. The number of benzene rings is 4. The van der Waals surface area contributed by atoms with Crippen LogP contribution in [0, 0.1) is 0 Å². The fourth-order valence-corrected chi connectivity index (χ4v) is 4.13. The molecule has 0 heterocycles. The molecule has 0 atom stereocenters. The molecule has 154 valence electrons. The molecule has 0 saturated carbocycles. The molecule has 0 aliphatic rings. The molecule has 4 aromatic carbocycles. The summed E-state index contributed by atoms with van der Waals surface area (Å²) < 4.78 is 0. The molecule has 4 aromatic rings. The number of hydrogen-bond donors (Lipinski definition) is 0. The molecule has 2 nitrogen and oxygen atoms in total. The fourth-order valence-electron chi connectivity index (χ4n) is 3.61. The Labute approximate surface area is 192 Å². The summed E-state index contributed by atoms with van der Waals surface area (Å²) in [4.78, 5) is 15.6. The maximum Gasteiger partial charge on any atom is 0.255 e. The minimum atomic E-state index is -0.0422. The molecule has 0 saturated heterocycles. The lowest BCUT2D eigenvalue weighted by molar-refractivity contribution is 0.0731. The molecular formula is C27H21Cl2NO. The van der Waals surface area contributed by atoms with Crippen molar-refractivity contribution in [3.05, 3.63) is 130 Å². The molecule has 31 heavy (non-hydrogen) atoms. The largest absolute Gasteiger partial charge is 0.330 e. The van der Waals surface area contributed by atoms with Crippen LogP contribution in [0.1, 0.15) is 21.5 Å². The third kappa shape index (κ3) is 5.35. The van der Waals surface area contributed by atoms with Gasteiger partial charge in [-0.05, 0) is 46.5 Å². The number of carbonyl (C=O) groups excluding carboxylic acids is 1. The van der Waals surface area contributed by atoms with E-state index < -0.39 is 0 Å². The SMILES string of the molecule is O=C(c1ccccc1-c1cc(Cl)cc(Cl)c1)N(Cc1ccccc1)Cc1ccccc1. The fraction of sp³-hybridized carbons (Fsp3) is 0.0741. The summed E-state index contributed by atoms with van der Waals surface area (Å²) in [5, 5.41) is 1.07. The van der Waals surface area contributed by atoms with Crippen LogP contribution < -0.4 is 0 Å². The summed E-state index contributed by atoms with van der Waals surface area (Å²) in [6.07, 6.45) is 0. The van der Waals surface area contributed by atoms with Gasteiger partial charge in [0.15, 0.2) is 0 Å². The van der Waals surface area contributed by atoms with Crippen LogP contribution >= 0.6 is 23.2 Å². The molecule has 0 unspecified atom stereocenters. The average molecular weight is 446 g/mol. The molecule has 0 N–H and O–H groups in total. The number of amides is 1. The molecule has 0 bridgehead atoms. The maximum absolute atomic E-state index is 13.8. The molecule has 0 aliphatic heterocycles. The van der Waals surface area contributed by atoms with Gasteiger partial charge in [-0.1, -0.05) is 102 Å². The van der Waals surface area contributed by atoms with E-state index in [-0.39, 0.29) is 5.91 Å². The second-order valence-corrected chi connectivity index (χ2v) is 8.21. The van der Waals surface area contributed by atoms with Crippen LogP contribution in [0.4, 0.5) is 0 Å². The summed E-state index contributed by atoms with van der Waals surface area (Å²) in [6.45, 7) is 1.03. The monoisotopic (exact) mass is 445 g/mol. The van der Waals surface area contributed by atoms with E-state index in [1.807, 2.05) is 102 Å². The Morgan fingerprint density at radius 2 is 1.13 bits per heavy atom. The minimum Gasteiger partial charge on any atom is -0.330 e. The van der Waals surface area contributed by atoms with Gasteiger partial charge in [-0.25, -0.2) is 0 Å². The number of halogens is 2. The second kappa shape index (κ2) is 9.82. The topological polar surface area (TPSA) is 20.3 Å². The number of rotatable bonds is 6. The Morgan fingerprint density at radius 3 is 1.68 bits per heavy atom. The van der Waals surface area contributed by atoms with E-state index in [0.29, 0.717) is 28.7 Å². The Kier molecular flexibility index (Phi) is 6.71. The lowest BCUT2D eigenvalue weighted by atomic mass is 9.98. The molecular weight excluding hydrogens is 425 g/mol. The van der Waals surface area contributed by atoms with Crippen molar-refractivity contribution in [1.29, 1.82) is 0 Å². The highest BCUT2D eigenvalue weighted by molar-refractivity contribution is 6.35. The lowest BCUT2D eigenvalue weighted by Gasteiger charge is -2.24. The van der Waals surface area contributed by atoms with E-state index in [1.54, 1.807) is 6.07 Å². The molecule has 4 heteroatoms.